The largest absolute Gasteiger partial charge is 0.297 e. The van der Waals surface area contributed by atoms with Crippen LogP contribution in [0.2, 0.25) is 0 Å². The molecule has 0 amide bonds. The third-order valence-electron chi connectivity index (χ3n) is 2.01. The molecule has 0 fully saturated rings. The van der Waals surface area contributed by atoms with Crippen LogP contribution < -0.4 is 0 Å². The van der Waals surface area contributed by atoms with E-state index in [0.717, 1.165) is 27.8 Å². The summed E-state index contributed by atoms with van der Waals surface area (Å²) in [6.45, 7) is 2.11. The Kier molecular flexibility index (Phi) is 2.10. The number of hydrogen-bond acceptors (Lipinski definition) is 3. The lowest BCUT2D eigenvalue weighted by atomic mass is 10.2. The Labute approximate surface area is 80.2 Å². The zero-order valence-electron chi connectivity index (χ0n) is 7.28. The summed E-state index contributed by atoms with van der Waals surface area (Å²) in [5.41, 5.74) is 2.20. The SMILES string of the molecule is CCc1ccnc2cc(C=O)sc12. The van der Waals surface area contributed by atoms with E-state index >= 15 is 0 Å². The maximum Gasteiger partial charge on any atom is 0.160 e. The summed E-state index contributed by atoms with van der Waals surface area (Å²) >= 11 is 1.52. The first-order valence-corrected chi connectivity index (χ1v) is 4.99. The fourth-order valence-corrected chi connectivity index (χ4v) is 2.36. The molecule has 0 N–H and O–H groups in total. The molecule has 0 bridgehead atoms. The van der Waals surface area contributed by atoms with Gasteiger partial charge in [0.25, 0.3) is 0 Å². The maximum absolute atomic E-state index is 10.6. The van der Waals surface area contributed by atoms with Gasteiger partial charge in [-0.3, -0.25) is 9.78 Å². The van der Waals surface area contributed by atoms with E-state index in [2.05, 4.69) is 11.9 Å². The molecule has 0 saturated heterocycles. The van der Waals surface area contributed by atoms with Crippen molar-refractivity contribution in [1.82, 2.24) is 4.98 Å². The molecular weight excluding hydrogens is 182 g/mol. The molecule has 0 saturated carbocycles. The minimum absolute atomic E-state index is 0.753. The van der Waals surface area contributed by atoms with Gasteiger partial charge in [0.15, 0.2) is 6.29 Å². The molecule has 2 aromatic rings. The van der Waals surface area contributed by atoms with Crippen molar-refractivity contribution in [1.29, 1.82) is 0 Å². The second kappa shape index (κ2) is 3.26. The number of carbonyl (C=O) groups excluding carboxylic acids is 1. The Balaban J connectivity index is 2.74. The van der Waals surface area contributed by atoms with Crippen LogP contribution in [0.15, 0.2) is 18.3 Å². The highest BCUT2D eigenvalue weighted by atomic mass is 32.1. The highest BCUT2D eigenvalue weighted by Gasteiger charge is 2.04. The molecule has 66 valence electrons. The lowest BCUT2D eigenvalue weighted by Crippen LogP contribution is -1.80. The molecule has 0 aromatic carbocycles. The Morgan fingerprint density at radius 2 is 2.46 bits per heavy atom. The molecule has 0 aliphatic rings. The van der Waals surface area contributed by atoms with E-state index in [-0.39, 0.29) is 0 Å². The smallest absolute Gasteiger partial charge is 0.160 e. The number of nitrogens with zero attached hydrogens (tertiary/aromatic N) is 1. The predicted octanol–water partition coefficient (Wildman–Crippen LogP) is 2.67. The standard InChI is InChI=1S/C10H9NOS/c1-2-7-3-4-11-9-5-8(6-12)13-10(7)9/h3-6H,2H2,1H3. The number of fused-ring (bicyclic) bond motifs is 1. The third kappa shape index (κ3) is 1.35. The van der Waals surface area contributed by atoms with Gasteiger partial charge in [-0.05, 0) is 24.1 Å². The molecule has 2 rings (SSSR count). The number of aromatic nitrogens is 1. The van der Waals surface area contributed by atoms with Gasteiger partial charge in [-0.1, -0.05) is 6.92 Å². The molecule has 2 heterocycles. The number of pyridine rings is 1. The molecule has 2 nitrogen and oxygen atoms in total. The third-order valence-corrected chi connectivity index (χ3v) is 3.13. The number of aldehydes is 1. The lowest BCUT2D eigenvalue weighted by molar-refractivity contribution is 0.112. The van der Waals surface area contributed by atoms with E-state index in [4.69, 9.17) is 0 Å². The zero-order valence-corrected chi connectivity index (χ0v) is 8.10. The van der Waals surface area contributed by atoms with E-state index < -0.39 is 0 Å². The van der Waals surface area contributed by atoms with Crippen molar-refractivity contribution in [3.8, 4) is 0 Å². The zero-order chi connectivity index (χ0) is 9.26. The van der Waals surface area contributed by atoms with Crippen molar-refractivity contribution in [2.75, 3.05) is 0 Å². The van der Waals surface area contributed by atoms with Crippen LogP contribution in [0.25, 0.3) is 10.2 Å². The molecule has 13 heavy (non-hydrogen) atoms. The normalized spacial score (nSPS) is 10.5. The van der Waals surface area contributed by atoms with Crippen LogP contribution in [0.1, 0.15) is 22.2 Å². The molecule has 0 radical (unpaired) electrons. The van der Waals surface area contributed by atoms with Crippen molar-refractivity contribution < 1.29 is 4.79 Å². The van der Waals surface area contributed by atoms with Crippen LogP contribution in [0.4, 0.5) is 0 Å². The molecule has 0 aliphatic carbocycles. The molecule has 0 aliphatic heterocycles. The molecule has 0 spiro atoms. The summed E-state index contributed by atoms with van der Waals surface area (Å²) in [5.74, 6) is 0. The molecule has 0 atom stereocenters. The van der Waals surface area contributed by atoms with Gasteiger partial charge in [0, 0.05) is 6.20 Å². The Bertz CT molecular complexity index is 447. The van der Waals surface area contributed by atoms with Crippen molar-refractivity contribution >= 4 is 27.8 Å². The number of carbonyl (C=O) groups is 1. The van der Waals surface area contributed by atoms with Crippen molar-refractivity contribution in [2.45, 2.75) is 13.3 Å². The Morgan fingerprint density at radius 1 is 1.62 bits per heavy atom. The number of hydrogen-bond donors (Lipinski definition) is 0. The number of rotatable bonds is 2. The van der Waals surface area contributed by atoms with Crippen LogP contribution in [0, 0.1) is 0 Å². The maximum atomic E-state index is 10.6. The Hall–Kier alpha value is -1.22. The second-order valence-corrected chi connectivity index (χ2v) is 3.89. The predicted molar refractivity (Wildman–Crippen MR) is 54.4 cm³/mol. The second-order valence-electron chi connectivity index (χ2n) is 2.80. The fourth-order valence-electron chi connectivity index (χ4n) is 1.35. The Morgan fingerprint density at radius 3 is 3.15 bits per heavy atom. The lowest BCUT2D eigenvalue weighted by Gasteiger charge is -1.95. The van der Waals surface area contributed by atoms with E-state index in [1.165, 1.54) is 16.9 Å². The highest BCUT2D eigenvalue weighted by molar-refractivity contribution is 7.20. The summed E-state index contributed by atoms with van der Waals surface area (Å²) in [4.78, 5) is 15.5. The van der Waals surface area contributed by atoms with Gasteiger partial charge in [0.1, 0.15) is 0 Å². The number of aryl methyl sites for hydroxylation is 1. The monoisotopic (exact) mass is 191 g/mol. The fraction of sp³-hybridized carbons (Fsp3) is 0.200. The summed E-state index contributed by atoms with van der Waals surface area (Å²) in [6, 6.07) is 3.85. The highest BCUT2D eigenvalue weighted by Crippen LogP contribution is 2.26. The summed E-state index contributed by atoms with van der Waals surface area (Å²) in [7, 11) is 0. The van der Waals surface area contributed by atoms with Gasteiger partial charge < -0.3 is 0 Å². The van der Waals surface area contributed by atoms with Gasteiger partial charge in [-0.15, -0.1) is 11.3 Å². The minimum atomic E-state index is 0.753. The first-order chi connectivity index (χ1) is 6.35. The summed E-state index contributed by atoms with van der Waals surface area (Å²) in [6.07, 6.45) is 3.66. The summed E-state index contributed by atoms with van der Waals surface area (Å²) < 4.78 is 1.15. The first kappa shape index (κ1) is 8.38. The van der Waals surface area contributed by atoms with Gasteiger partial charge in [0.2, 0.25) is 0 Å². The first-order valence-electron chi connectivity index (χ1n) is 4.17. The molecule has 0 unspecified atom stereocenters. The van der Waals surface area contributed by atoms with Crippen LogP contribution in [0.5, 0.6) is 0 Å². The minimum Gasteiger partial charge on any atom is -0.297 e. The average Bonchev–Trinajstić information content (AvgIpc) is 2.59. The van der Waals surface area contributed by atoms with Gasteiger partial charge in [-0.2, -0.15) is 0 Å². The van der Waals surface area contributed by atoms with Gasteiger partial charge >= 0.3 is 0 Å². The molecular formula is C10H9NOS. The van der Waals surface area contributed by atoms with E-state index in [9.17, 15) is 4.79 Å². The van der Waals surface area contributed by atoms with Crippen LogP contribution in [0.3, 0.4) is 0 Å². The molecule has 2 aromatic heterocycles. The number of thiophene rings is 1. The van der Waals surface area contributed by atoms with Crippen molar-refractivity contribution in [3.63, 3.8) is 0 Å². The van der Waals surface area contributed by atoms with E-state index in [0.29, 0.717) is 0 Å². The van der Waals surface area contributed by atoms with Gasteiger partial charge in [-0.25, -0.2) is 0 Å². The average molecular weight is 191 g/mol. The van der Waals surface area contributed by atoms with Crippen LogP contribution in [-0.2, 0) is 6.42 Å². The van der Waals surface area contributed by atoms with Crippen molar-refractivity contribution in [3.05, 3.63) is 28.8 Å². The topological polar surface area (TPSA) is 30.0 Å². The van der Waals surface area contributed by atoms with E-state index in [1.54, 1.807) is 6.20 Å². The molecule has 3 heteroatoms. The van der Waals surface area contributed by atoms with Crippen LogP contribution in [-0.4, -0.2) is 11.3 Å². The van der Waals surface area contributed by atoms with E-state index in [1.807, 2.05) is 12.1 Å². The summed E-state index contributed by atoms with van der Waals surface area (Å²) in [5, 5.41) is 0. The van der Waals surface area contributed by atoms with Crippen LogP contribution >= 0.6 is 11.3 Å². The quantitative estimate of drug-likeness (QED) is 0.683. The van der Waals surface area contributed by atoms with Crippen molar-refractivity contribution in [2.24, 2.45) is 0 Å². The van der Waals surface area contributed by atoms with Gasteiger partial charge in [0.05, 0.1) is 15.1 Å².